The van der Waals surface area contributed by atoms with E-state index in [0.717, 1.165) is 11.1 Å². The van der Waals surface area contributed by atoms with Crippen molar-refractivity contribution in [3.63, 3.8) is 0 Å². The van der Waals surface area contributed by atoms with Crippen molar-refractivity contribution in [1.29, 1.82) is 0 Å². The van der Waals surface area contributed by atoms with Gasteiger partial charge in [0.2, 0.25) is 11.8 Å². The molecule has 0 radical (unpaired) electrons. The molecule has 2 heterocycles. The molecule has 0 aliphatic rings. The van der Waals surface area contributed by atoms with Crippen molar-refractivity contribution in [2.24, 2.45) is 0 Å². The van der Waals surface area contributed by atoms with Gasteiger partial charge in [0.05, 0.1) is 5.52 Å². The molecule has 2 aromatic heterocycles. The average molecular weight is 340 g/mol. The lowest BCUT2D eigenvalue weighted by Gasteiger charge is -2.08. The lowest BCUT2D eigenvalue weighted by molar-refractivity contribution is -0.121. The predicted octanol–water partition coefficient (Wildman–Crippen LogP) is 3.42. The Bertz CT molecular complexity index is 908. The Hall–Kier alpha value is -2.63. The Kier molecular flexibility index (Phi) is 4.88. The summed E-state index contributed by atoms with van der Waals surface area (Å²) >= 11 is 0. The molecule has 25 heavy (non-hydrogen) atoms. The number of nitrogens with one attached hydrogen (secondary N) is 2. The fraction of sp³-hybridized carbons (Fsp3) is 0.421. The number of fused-ring (bicyclic) bond motifs is 1. The molecule has 0 atom stereocenters. The second-order valence-corrected chi connectivity index (χ2v) is 6.59. The summed E-state index contributed by atoms with van der Waals surface area (Å²) in [5.74, 6) is 1.24. The highest BCUT2D eigenvalue weighted by Crippen LogP contribution is 2.26. The normalized spacial score (nSPS) is 11.2. The van der Waals surface area contributed by atoms with Crippen LogP contribution in [0.3, 0.4) is 0 Å². The zero-order valence-electron chi connectivity index (χ0n) is 15.2. The SMILES string of the molecule is Cc1cc(CNC(=O)CCCc2nc(C)no2)c2[nH]c(C)c(C)c2c1. The first kappa shape index (κ1) is 17.2. The van der Waals surface area contributed by atoms with Crippen molar-refractivity contribution >= 4 is 16.8 Å². The molecular weight excluding hydrogens is 316 g/mol. The molecule has 3 rings (SSSR count). The Morgan fingerprint density at radius 2 is 2.04 bits per heavy atom. The van der Waals surface area contributed by atoms with E-state index in [2.05, 4.69) is 53.3 Å². The van der Waals surface area contributed by atoms with Crippen LogP contribution in [0.4, 0.5) is 0 Å². The third-order valence-corrected chi connectivity index (χ3v) is 4.48. The molecule has 0 unspecified atom stereocenters. The summed E-state index contributed by atoms with van der Waals surface area (Å²) in [6.45, 7) is 8.59. The second kappa shape index (κ2) is 7.09. The first-order chi connectivity index (χ1) is 11.9. The van der Waals surface area contributed by atoms with Gasteiger partial charge in [-0.3, -0.25) is 4.79 Å². The lowest BCUT2D eigenvalue weighted by Crippen LogP contribution is -2.22. The smallest absolute Gasteiger partial charge is 0.226 e. The van der Waals surface area contributed by atoms with Gasteiger partial charge in [0.25, 0.3) is 0 Å². The van der Waals surface area contributed by atoms with Crippen LogP contribution in [-0.2, 0) is 17.8 Å². The van der Waals surface area contributed by atoms with E-state index in [4.69, 9.17) is 4.52 Å². The highest BCUT2D eigenvalue weighted by atomic mass is 16.5. The van der Waals surface area contributed by atoms with Gasteiger partial charge in [-0.25, -0.2) is 0 Å². The molecule has 0 spiro atoms. The van der Waals surface area contributed by atoms with Crippen molar-refractivity contribution in [3.05, 3.63) is 46.2 Å². The molecule has 0 bridgehead atoms. The van der Waals surface area contributed by atoms with Gasteiger partial charge in [0, 0.05) is 30.5 Å². The maximum absolute atomic E-state index is 12.1. The minimum absolute atomic E-state index is 0.0332. The van der Waals surface area contributed by atoms with Gasteiger partial charge in [0.1, 0.15) is 0 Å². The monoisotopic (exact) mass is 340 g/mol. The minimum atomic E-state index is 0.0332. The van der Waals surface area contributed by atoms with Crippen LogP contribution in [0.2, 0.25) is 0 Å². The van der Waals surface area contributed by atoms with Gasteiger partial charge in [-0.05, 0) is 51.3 Å². The number of hydrogen-bond donors (Lipinski definition) is 2. The van der Waals surface area contributed by atoms with Crippen LogP contribution >= 0.6 is 0 Å². The van der Waals surface area contributed by atoms with Gasteiger partial charge < -0.3 is 14.8 Å². The topological polar surface area (TPSA) is 83.8 Å². The summed E-state index contributed by atoms with van der Waals surface area (Å²) in [4.78, 5) is 19.7. The molecule has 132 valence electrons. The third-order valence-electron chi connectivity index (χ3n) is 4.48. The first-order valence-electron chi connectivity index (χ1n) is 8.58. The van der Waals surface area contributed by atoms with Gasteiger partial charge in [0.15, 0.2) is 5.82 Å². The molecule has 0 aliphatic heterocycles. The van der Waals surface area contributed by atoms with Gasteiger partial charge in [-0.15, -0.1) is 0 Å². The summed E-state index contributed by atoms with van der Waals surface area (Å²) < 4.78 is 5.05. The molecule has 3 aromatic rings. The number of nitrogens with zero attached hydrogens (tertiary/aromatic N) is 2. The summed E-state index contributed by atoms with van der Waals surface area (Å²) in [5, 5.41) is 7.99. The molecular formula is C19H24N4O2. The fourth-order valence-electron chi connectivity index (χ4n) is 3.05. The largest absolute Gasteiger partial charge is 0.358 e. The Morgan fingerprint density at radius 3 is 2.76 bits per heavy atom. The predicted molar refractivity (Wildman–Crippen MR) is 96.3 cm³/mol. The molecule has 1 aromatic carbocycles. The second-order valence-electron chi connectivity index (χ2n) is 6.59. The fourth-order valence-corrected chi connectivity index (χ4v) is 3.05. The molecule has 6 nitrogen and oxygen atoms in total. The van der Waals surface area contributed by atoms with Crippen molar-refractivity contribution in [1.82, 2.24) is 20.4 Å². The maximum atomic E-state index is 12.1. The van der Waals surface area contributed by atoms with Crippen LogP contribution in [0.25, 0.3) is 10.9 Å². The number of rotatable bonds is 6. The van der Waals surface area contributed by atoms with Crippen LogP contribution < -0.4 is 5.32 Å². The summed E-state index contributed by atoms with van der Waals surface area (Å²) in [6.07, 6.45) is 1.76. The molecule has 2 N–H and O–H groups in total. The van der Waals surface area contributed by atoms with Crippen molar-refractivity contribution < 1.29 is 9.32 Å². The molecule has 0 fully saturated rings. The van der Waals surface area contributed by atoms with E-state index in [1.165, 1.54) is 22.2 Å². The third kappa shape index (κ3) is 3.90. The van der Waals surface area contributed by atoms with E-state index in [-0.39, 0.29) is 5.91 Å². The van der Waals surface area contributed by atoms with Gasteiger partial charge >= 0.3 is 0 Å². The van der Waals surface area contributed by atoms with E-state index in [1.807, 2.05) is 0 Å². The number of amides is 1. The minimum Gasteiger partial charge on any atom is -0.358 e. The Balaban J connectivity index is 1.58. The van der Waals surface area contributed by atoms with E-state index in [0.29, 0.717) is 37.5 Å². The standard InChI is InChI=1S/C19H24N4O2/c1-11-8-15(19-16(9-11)12(2)13(3)21-19)10-20-17(24)6-5-7-18-22-14(4)23-25-18/h8-9,21H,5-7,10H2,1-4H3,(H,20,24). The number of aryl methyl sites for hydroxylation is 5. The van der Waals surface area contributed by atoms with Crippen molar-refractivity contribution in [3.8, 4) is 0 Å². The van der Waals surface area contributed by atoms with Crippen LogP contribution in [0.15, 0.2) is 16.7 Å². The lowest BCUT2D eigenvalue weighted by atomic mass is 10.0. The van der Waals surface area contributed by atoms with E-state index >= 15 is 0 Å². The summed E-state index contributed by atoms with van der Waals surface area (Å²) in [6, 6.07) is 4.31. The summed E-state index contributed by atoms with van der Waals surface area (Å²) in [7, 11) is 0. The number of carbonyl (C=O) groups is 1. The first-order valence-corrected chi connectivity index (χ1v) is 8.58. The maximum Gasteiger partial charge on any atom is 0.226 e. The van der Waals surface area contributed by atoms with E-state index < -0.39 is 0 Å². The van der Waals surface area contributed by atoms with E-state index in [1.54, 1.807) is 6.92 Å². The van der Waals surface area contributed by atoms with E-state index in [9.17, 15) is 4.79 Å². The Morgan fingerprint density at radius 1 is 1.24 bits per heavy atom. The quantitative estimate of drug-likeness (QED) is 0.720. The number of aromatic nitrogens is 3. The molecule has 0 aliphatic carbocycles. The van der Waals surface area contributed by atoms with Crippen LogP contribution in [0.5, 0.6) is 0 Å². The van der Waals surface area contributed by atoms with Gasteiger partial charge in [-0.2, -0.15) is 4.98 Å². The number of carbonyl (C=O) groups excluding carboxylic acids is 1. The number of aromatic amines is 1. The highest BCUT2D eigenvalue weighted by molar-refractivity contribution is 5.88. The van der Waals surface area contributed by atoms with Crippen LogP contribution in [0.1, 0.15) is 46.9 Å². The number of benzene rings is 1. The van der Waals surface area contributed by atoms with Crippen LogP contribution in [0, 0.1) is 27.7 Å². The van der Waals surface area contributed by atoms with Crippen LogP contribution in [-0.4, -0.2) is 21.0 Å². The molecule has 6 heteroatoms. The molecule has 0 saturated heterocycles. The van der Waals surface area contributed by atoms with Gasteiger partial charge in [-0.1, -0.05) is 16.8 Å². The highest BCUT2D eigenvalue weighted by Gasteiger charge is 2.11. The molecule has 0 saturated carbocycles. The zero-order valence-corrected chi connectivity index (χ0v) is 15.2. The zero-order chi connectivity index (χ0) is 18.0. The Labute approximate surface area is 147 Å². The number of H-pyrrole nitrogens is 1. The molecule has 1 amide bonds. The average Bonchev–Trinajstić information content (AvgIpc) is 3.10. The van der Waals surface area contributed by atoms with Crippen molar-refractivity contribution in [2.75, 3.05) is 0 Å². The number of hydrogen-bond acceptors (Lipinski definition) is 4. The summed E-state index contributed by atoms with van der Waals surface area (Å²) in [5.41, 5.74) is 5.86. The van der Waals surface area contributed by atoms with Crippen molar-refractivity contribution in [2.45, 2.75) is 53.5 Å².